The van der Waals surface area contributed by atoms with Crippen LogP contribution in [0.3, 0.4) is 0 Å². The molecule has 0 saturated heterocycles. The van der Waals surface area contributed by atoms with Crippen molar-refractivity contribution in [3.63, 3.8) is 0 Å². The molecule has 0 saturated carbocycles. The summed E-state index contributed by atoms with van der Waals surface area (Å²) in [5.41, 5.74) is 2.46. The van der Waals surface area contributed by atoms with Crippen molar-refractivity contribution in [3.8, 4) is 22.6 Å². The minimum atomic E-state index is -0.680. The standard InChI is InChI=1S/C19H23BrO5/c1-4-14(21)18-17(13-8-6-5-7-9-13)15(24-11-22-2)10-16(19(18)20)25-12-23-3/h5-10,14,21H,4,11-12H2,1-3H3. The Morgan fingerprint density at radius 1 is 1.00 bits per heavy atom. The first-order chi connectivity index (χ1) is 12.1. The molecule has 0 heterocycles. The van der Waals surface area contributed by atoms with Gasteiger partial charge < -0.3 is 24.1 Å². The summed E-state index contributed by atoms with van der Waals surface area (Å²) in [6, 6.07) is 11.6. The highest BCUT2D eigenvalue weighted by Crippen LogP contribution is 2.46. The Morgan fingerprint density at radius 3 is 2.16 bits per heavy atom. The number of halogens is 1. The summed E-state index contributed by atoms with van der Waals surface area (Å²) in [6.07, 6.45) is -0.129. The van der Waals surface area contributed by atoms with Gasteiger partial charge in [-0.1, -0.05) is 37.3 Å². The van der Waals surface area contributed by atoms with Crippen molar-refractivity contribution in [2.75, 3.05) is 27.8 Å². The van der Waals surface area contributed by atoms with Gasteiger partial charge in [-0.15, -0.1) is 0 Å². The Hall–Kier alpha value is -1.60. The summed E-state index contributed by atoms with van der Waals surface area (Å²) in [5.74, 6) is 1.11. The van der Waals surface area contributed by atoms with Crippen molar-refractivity contribution in [2.45, 2.75) is 19.4 Å². The van der Waals surface area contributed by atoms with E-state index in [0.29, 0.717) is 28.0 Å². The molecule has 2 rings (SSSR count). The summed E-state index contributed by atoms with van der Waals surface area (Å²) in [5, 5.41) is 10.6. The highest BCUT2D eigenvalue weighted by molar-refractivity contribution is 9.10. The predicted octanol–water partition coefficient (Wildman–Crippen LogP) is 4.52. The van der Waals surface area contributed by atoms with E-state index in [-0.39, 0.29) is 13.6 Å². The van der Waals surface area contributed by atoms with Crippen molar-refractivity contribution in [2.24, 2.45) is 0 Å². The lowest BCUT2D eigenvalue weighted by Crippen LogP contribution is -2.08. The first-order valence-corrected chi connectivity index (χ1v) is 8.76. The maximum atomic E-state index is 10.6. The van der Waals surface area contributed by atoms with Crippen molar-refractivity contribution >= 4 is 15.9 Å². The Morgan fingerprint density at radius 2 is 1.60 bits per heavy atom. The molecule has 2 aromatic carbocycles. The van der Waals surface area contributed by atoms with Gasteiger partial charge in [-0.25, -0.2) is 0 Å². The fourth-order valence-electron chi connectivity index (χ4n) is 2.51. The molecule has 1 N–H and O–H groups in total. The van der Waals surface area contributed by atoms with E-state index < -0.39 is 6.10 Å². The van der Waals surface area contributed by atoms with Crippen LogP contribution in [0.5, 0.6) is 11.5 Å². The van der Waals surface area contributed by atoms with Crippen molar-refractivity contribution in [1.82, 2.24) is 0 Å². The van der Waals surface area contributed by atoms with Crippen LogP contribution in [0, 0.1) is 0 Å². The highest BCUT2D eigenvalue weighted by Gasteiger charge is 2.24. The van der Waals surface area contributed by atoms with E-state index in [1.54, 1.807) is 20.3 Å². The van der Waals surface area contributed by atoms with Crippen LogP contribution in [0.15, 0.2) is 40.9 Å². The van der Waals surface area contributed by atoms with E-state index in [9.17, 15) is 5.11 Å². The van der Waals surface area contributed by atoms with E-state index in [0.717, 1.165) is 11.1 Å². The first-order valence-electron chi connectivity index (χ1n) is 7.97. The molecule has 0 fully saturated rings. The maximum Gasteiger partial charge on any atom is 0.188 e. The number of ether oxygens (including phenoxy) is 4. The molecule has 0 amide bonds. The first kappa shape index (κ1) is 19.7. The van der Waals surface area contributed by atoms with Gasteiger partial charge in [0.15, 0.2) is 13.6 Å². The van der Waals surface area contributed by atoms with Crippen LogP contribution in [-0.4, -0.2) is 32.9 Å². The highest BCUT2D eigenvalue weighted by atomic mass is 79.9. The normalized spacial score (nSPS) is 12.0. The van der Waals surface area contributed by atoms with Crippen LogP contribution in [0.4, 0.5) is 0 Å². The average molecular weight is 411 g/mol. The number of rotatable bonds is 9. The zero-order valence-electron chi connectivity index (χ0n) is 14.6. The quantitative estimate of drug-likeness (QED) is 0.615. The second-order valence-corrected chi connectivity index (χ2v) is 6.16. The molecule has 5 nitrogen and oxygen atoms in total. The van der Waals surface area contributed by atoms with Crippen LogP contribution in [-0.2, 0) is 9.47 Å². The largest absolute Gasteiger partial charge is 0.467 e. The maximum absolute atomic E-state index is 10.6. The Bertz CT molecular complexity index is 675. The molecule has 136 valence electrons. The third-order valence-electron chi connectivity index (χ3n) is 3.68. The fourth-order valence-corrected chi connectivity index (χ4v) is 3.20. The smallest absolute Gasteiger partial charge is 0.188 e. The number of benzene rings is 2. The van der Waals surface area contributed by atoms with E-state index in [2.05, 4.69) is 15.9 Å². The number of methoxy groups -OCH3 is 2. The molecular formula is C19H23BrO5. The molecule has 0 spiro atoms. The van der Waals surface area contributed by atoms with E-state index in [1.807, 2.05) is 37.3 Å². The number of aliphatic hydroxyl groups is 1. The minimum Gasteiger partial charge on any atom is -0.467 e. The summed E-state index contributed by atoms with van der Waals surface area (Å²) >= 11 is 3.58. The molecule has 0 aliphatic carbocycles. The number of hydrogen-bond acceptors (Lipinski definition) is 5. The van der Waals surface area contributed by atoms with E-state index in [1.165, 1.54) is 0 Å². The zero-order chi connectivity index (χ0) is 18.2. The lowest BCUT2D eigenvalue weighted by atomic mass is 9.93. The lowest BCUT2D eigenvalue weighted by Gasteiger charge is -2.22. The Kier molecular flexibility index (Phi) is 7.71. The van der Waals surface area contributed by atoms with Gasteiger partial charge >= 0.3 is 0 Å². The summed E-state index contributed by atoms with van der Waals surface area (Å²) in [6.45, 7) is 2.10. The number of aliphatic hydroxyl groups excluding tert-OH is 1. The van der Waals surface area contributed by atoms with Crippen LogP contribution < -0.4 is 9.47 Å². The number of hydrogen-bond donors (Lipinski definition) is 1. The molecule has 1 unspecified atom stereocenters. The van der Waals surface area contributed by atoms with Crippen molar-refractivity contribution < 1.29 is 24.1 Å². The van der Waals surface area contributed by atoms with Gasteiger partial charge in [0.05, 0.1) is 10.6 Å². The molecule has 25 heavy (non-hydrogen) atoms. The molecular weight excluding hydrogens is 388 g/mol. The molecule has 0 aliphatic heterocycles. The van der Waals surface area contributed by atoms with Gasteiger partial charge in [0.1, 0.15) is 11.5 Å². The molecule has 0 aromatic heterocycles. The fraction of sp³-hybridized carbons (Fsp3) is 0.368. The summed E-state index contributed by atoms with van der Waals surface area (Å²) in [4.78, 5) is 0. The van der Waals surface area contributed by atoms with Gasteiger partial charge in [-0.2, -0.15) is 0 Å². The average Bonchev–Trinajstić information content (AvgIpc) is 2.65. The van der Waals surface area contributed by atoms with Gasteiger partial charge in [0, 0.05) is 31.4 Å². The summed E-state index contributed by atoms with van der Waals surface area (Å²) in [7, 11) is 3.11. The van der Waals surface area contributed by atoms with Crippen molar-refractivity contribution in [3.05, 3.63) is 46.4 Å². The lowest BCUT2D eigenvalue weighted by molar-refractivity contribution is 0.0454. The topological polar surface area (TPSA) is 57.2 Å². The monoisotopic (exact) mass is 410 g/mol. The Balaban J connectivity index is 2.69. The summed E-state index contributed by atoms with van der Waals surface area (Å²) < 4.78 is 22.1. The SMILES string of the molecule is CCC(O)c1c(Br)c(OCOC)cc(OCOC)c1-c1ccccc1. The molecule has 6 heteroatoms. The molecule has 0 aliphatic rings. The third-order valence-corrected chi connectivity index (χ3v) is 4.50. The second kappa shape index (κ2) is 9.77. The molecule has 2 aromatic rings. The van der Waals surface area contributed by atoms with Crippen molar-refractivity contribution in [1.29, 1.82) is 0 Å². The van der Waals surface area contributed by atoms with Crippen LogP contribution >= 0.6 is 15.9 Å². The molecule has 0 radical (unpaired) electrons. The van der Waals surface area contributed by atoms with Gasteiger partial charge in [-0.3, -0.25) is 0 Å². The van der Waals surface area contributed by atoms with Crippen LogP contribution in [0.2, 0.25) is 0 Å². The van der Waals surface area contributed by atoms with E-state index in [4.69, 9.17) is 18.9 Å². The molecule has 1 atom stereocenters. The van der Waals surface area contributed by atoms with Gasteiger partial charge in [-0.05, 0) is 27.9 Å². The third kappa shape index (κ3) is 4.73. The van der Waals surface area contributed by atoms with Crippen LogP contribution in [0.25, 0.3) is 11.1 Å². The second-order valence-electron chi connectivity index (χ2n) is 5.37. The van der Waals surface area contributed by atoms with E-state index >= 15 is 0 Å². The zero-order valence-corrected chi connectivity index (χ0v) is 16.2. The Labute approximate surface area is 156 Å². The van der Waals surface area contributed by atoms with Crippen LogP contribution in [0.1, 0.15) is 25.0 Å². The predicted molar refractivity (Wildman–Crippen MR) is 99.8 cm³/mol. The molecule has 0 bridgehead atoms. The minimum absolute atomic E-state index is 0.0901. The van der Waals surface area contributed by atoms with Gasteiger partial charge in [0.25, 0.3) is 0 Å². The van der Waals surface area contributed by atoms with Gasteiger partial charge in [0.2, 0.25) is 0 Å².